The second kappa shape index (κ2) is 5.15. The third kappa shape index (κ3) is 3.11. The fourth-order valence-corrected chi connectivity index (χ4v) is 1.98. The molecule has 8 heteroatoms. The Bertz CT molecular complexity index is 629. The van der Waals surface area contributed by atoms with Gasteiger partial charge in [0.05, 0.1) is 15.7 Å². The van der Waals surface area contributed by atoms with Gasteiger partial charge in [-0.1, -0.05) is 35.3 Å². The van der Waals surface area contributed by atoms with Crippen LogP contribution in [0.4, 0.5) is 13.2 Å². The molecule has 0 aliphatic rings. The van der Waals surface area contributed by atoms with Gasteiger partial charge < -0.3 is 0 Å². The zero-order valence-electron chi connectivity index (χ0n) is 8.97. The van der Waals surface area contributed by atoms with Gasteiger partial charge in [0.15, 0.2) is 0 Å². The second-order valence-corrected chi connectivity index (χ2v) is 4.63. The Hall–Kier alpha value is -1.04. The molecule has 2 rings (SSSR count). The summed E-state index contributed by atoms with van der Waals surface area (Å²) < 4.78 is 37.9. The molecule has 0 bridgehead atoms. The van der Waals surface area contributed by atoms with Crippen LogP contribution in [0.3, 0.4) is 0 Å². The zero-order valence-corrected chi connectivity index (χ0v) is 11.2. The van der Waals surface area contributed by atoms with Gasteiger partial charge in [0.1, 0.15) is 5.69 Å². The van der Waals surface area contributed by atoms with E-state index in [9.17, 15) is 13.2 Å². The summed E-state index contributed by atoms with van der Waals surface area (Å²) in [7, 11) is 0. The fraction of sp³-hybridized carbons (Fsp3) is 0.0909. The Balaban J connectivity index is 2.63. The molecule has 0 saturated carbocycles. The van der Waals surface area contributed by atoms with Crippen LogP contribution in [0.25, 0.3) is 11.3 Å². The van der Waals surface area contributed by atoms with Crippen molar-refractivity contribution in [1.29, 1.82) is 0 Å². The van der Waals surface area contributed by atoms with Gasteiger partial charge in [0.25, 0.3) is 0 Å². The van der Waals surface area contributed by atoms with Crippen molar-refractivity contribution in [3.63, 3.8) is 0 Å². The molecular formula is C11H4Cl3F3N2. The molecule has 0 N–H and O–H groups in total. The Morgan fingerprint density at radius 1 is 1.00 bits per heavy atom. The lowest BCUT2D eigenvalue weighted by Crippen LogP contribution is -2.09. The molecule has 1 heterocycles. The smallest absolute Gasteiger partial charge is 0.218 e. The Kier molecular flexibility index (Phi) is 3.90. The molecule has 0 saturated heterocycles. The van der Waals surface area contributed by atoms with E-state index < -0.39 is 17.2 Å². The number of nitrogens with zero attached hydrogens (tertiary/aromatic N) is 2. The molecule has 0 aliphatic heterocycles. The highest BCUT2D eigenvalue weighted by molar-refractivity contribution is 6.43. The number of rotatable bonds is 1. The number of benzene rings is 1. The fourth-order valence-electron chi connectivity index (χ4n) is 1.40. The highest BCUT2D eigenvalue weighted by atomic mass is 35.5. The van der Waals surface area contributed by atoms with Crippen LogP contribution in [-0.2, 0) is 6.18 Å². The molecule has 0 atom stereocenters. The highest BCUT2D eigenvalue weighted by Gasteiger charge is 2.33. The van der Waals surface area contributed by atoms with Crippen molar-refractivity contribution >= 4 is 34.8 Å². The molecule has 1 aromatic carbocycles. The minimum absolute atomic E-state index is 0.0418. The summed E-state index contributed by atoms with van der Waals surface area (Å²) in [5.74, 6) is 0. The van der Waals surface area contributed by atoms with Crippen LogP contribution >= 0.6 is 34.8 Å². The topological polar surface area (TPSA) is 25.8 Å². The van der Waals surface area contributed by atoms with Crippen LogP contribution in [-0.4, -0.2) is 9.97 Å². The van der Waals surface area contributed by atoms with Crippen molar-refractivity contribution < 1.29 is 13.2 Å². The van der Waals surface area contributed by atoms with Gasteiger partial charge >= 0.3 is 6.18 Å². The highest BCUT2D eigenvalue weighted by Crippen LogP contribution is 2.35. The molecule has 0 fully saturated rings. The molecule has 100 valence electrons. The zero-order chi connectivity index (χ0) is 14.2. The van der Waals surface area contributed by atoms with Crippen LogP contribution in [0.2, 0.25) is 15.3 Å². The number of aromatic nitrogens is 2. The molecule has 0 aliphatic carbocycles. The summed E-state index contributed by atoms with van der Waals surface area (Å²) in [4.78, 5) is 6.87. The van der Waals surface area contributed by atoms with Gasteiger partial charge in [0.2, 0.25) is 5.28 Å². The van der Waals surface area contributed by atoms with Crippen LogP contribution < -0.4 is 0 Å². The predicted molar refractivity (Wildman–Crippen MR) is 67.5 cm³/mol. The number of hydrogen-bond acceptors (Lipinski definition) is 2. The first-order valence-corrected chi connectivity index (χ1v) is 5.98. The summed E-state index contributed by atoms with van der Waals surface area (Å²) in [5.41, 5.74) is -0.928. The molecule has 2 aromatic rings. The lowest BCUT2D eigenvalue weighted by Gasteiger charge is -2.09. The maximum Gasteiger partial charge on any atom is 0.433 e. The Morgan fingerprint density at radius 2 is 1.68 bits per heavy atom. The van der Waals surface area contributed by atoms with Crippen LogP contribution in [0.15, 0.2) is 24.3 Å². The van der Waals surface area contributed by atoms with E-state index in [1.807, 2.05) is 0 Å². The van der Waals surface area contributed by atoms with Crippen molar-refractivity contribution in [2.45, 2.75) is 6.18 Å². The van der Waals surface area contributed by atoms with Crippen molar-refractivity contribution in [2.75, 3.05) is 0 Å². The number of halogens is 6. The van der Waals surface area contributed by atoms with Gasteiger partial charge in [-0.15, -0.1) is 0 Å². The van der Waals surface area contributed by atoms with Crippen LogP contribution in [0.5, 0.6) is 0 Å². The van der Waals surface area contributed by atoms with Crippen molar-refractivity contribution in [1.82, 2.24) is 9.97 Å². The van der Waals surface area contributed by atoms with E-state index in [0.29, 0.717) is 0 Å². The van der Waals surface area contributed by atoms with Crippen LogP contribution in [0, 0.1) is 0 Å². The van der Waals surface area contributed by atoms with E-state index >= 15 is 0 Å². The quantitative estimate of drug-likeness (QED) is 0.679. The van der Waals surface area contributed by atoms with Crippen LogP contribution in [0.1, 0.15) is 5.69 Å². The van der Waals surface area contributed by atoms with E-state index in [1.165, 1.54) is 12.1 Å². The van der Waals surface area contributed by atoms with Crippen molar-refractivity contribution in [3.05, 3.63) is 45.3 Å². The molecule has 0 spiro atoms. The average Bonchev–Trinajstić information content (AvgIpc) is 2.31. The maximum absolute atomic E-state index is 12.6. The molecule has 0 unspecified atom stereocenters. The Labute approximate surface area is 121 Å². The molecule has 19 heavy (non-hydrogen) atoms. The number of alkyl halides is 3. The lowest BCUT2D eigenvalue weighted by atomic mass is 10.1. The van der Waals surface area contributed by atoms with Gasteiger partial charge in [-0.05, 0) is 23.7 Å². The first-order valence-electron chi connectivity index (χ1n) is 4.85. The summed E-state index contributed by atoms with van der Waals surface area (Å²) in [6, 6.07) is 5.32. The predicted octanol–water partition coefficient (Wildman–Crippen LogP) is 5.12. The lowest BCUT2D eigenvalue weighted by molar-refractivity contribution is -0.141. The van der Waals surface area contributed by atoms with E-state index in [2.05, 4.69) is 9.97 Å². The minimum atomic E-state index is -4.62. The van der Waals surface area contributed by atoms with Gasteiger partial charge in [-0.25, -0.2) is 9.97 Å². The number of hydrogen-bond donors (Lipinski definition) is 0. The minimum Gasteiger partial charge on any atom is -0.218 e. The third-order valence-electron chi connectivity index (χ3n) is 2.22. The Morgan fingerprint density at radius 3 is 2.32 bits per heavy atom. The SMILES string of the molecule is FC(F)(F)c1cc(-c2cccc(Cl)c2Cl)nc(Cl)n1. The van der Waals surface area contributed by atoms with Crippen molar-refractivity contribution in [3.8, 4) is 11.3 Å². The molecule has 0 amide bonds. The van der Waals surface area contributed by atoms with Gasteiger partial charge in [-0.2, -0.15) is 13.2 Å². The third-order valence-corrected chi connectivity index (χ3v) is 3.20. The van der Waals surface area contributed by atoms with E-state index in [-0.39, 0.29) is 21.3 Å². The summed E-state index contributed by atoms with van der Waals surface area (Å²) in [6.07, 6.45) is -4.62. The molecule has 0 radical (unpaired) electrons. The van der Waals surface area contributed by atoms with E-state index in [0.717, 1.165) is 6.07 Å². The maximum atomic E-state index is 12.6. The largest absolute Gasteiger partial charge is 0.433 e. The average molecular weight is 328 g/mol. The van der Waals surface area contributed by atoms with Crippen molar-refractivity contribution in [2.24, 2.45) is 0 Å². The van der Waals surface area contributed by atoms with E-state index in [4.69, 9.17) is 34.8 Å². The summed E-state index contributed by atoms with van der Waals surface area (Å²) in [5, 5.41) is -0.199. The van der Waals surface area contributed by atoms with Gasteiger partial charge in [-0.3, -0.25) is 0 Å². The monoisotopic (exact) mass is 326 g/mol. The molecular weight excluding hydrogens is 323 g/mol. The summed E-state index contributed by atoms with van der Waals surface area (Å²) >= 11 is 17.2. The second-order valence-electron chi connectivity index (χ2n) is 3.51. The van der Waals surface area contributed by atoms with Gasteiger partial charge in [0, 0.05) is 5.56 Å². The first kappa shape index (κ1) is 14.4. The summed E-state index contributed by atoms with van der Waals surface area (Å²) in [6.45, 7) is 0. The molecule has 1 aromatic heterocycles. The normalized spacial score (nSPS) is 11.7. The van der Waals surface area contributed by atoms with E-state index in [1.54, 1.807) is 6.07 Å². The first-order chi connectivity index (χ1) is 8.79. The standard InChI is InChI=1S/C11H4Cl3F3N2/c12-6-3-1-2-5(9(6)13)7-4-8(11(15,16)17)19-10(14)18-7/h1-4H. The molecule has 2 nitrogen and oxygen atoms in total.